The number of nitrogens with one attached hydrogen (secondary N) is 1. The van der Waals surface area contributed by atoms with Crippen molar-refractivity contribution in [2.75, 3.05) is 13.1 Å². The van der Waals surface area contributed by atoms with Gasteiger partial charge in [-0.1, -0.05) is 19.0 Å². The molecule has 1 fully saturated rings. The van der Waals surface area contributed by atoms with Crippen LogP contribution in [0.2, 0.25) is 0 Å². The van der Waals surface area contributed by atoms with Crippen LogP contribution in [-0.2, 0) is 11.8 Å². The summed E-state index contributed by atoms with van der Waals surface area (Å²) in [6.45, 7) is 8.57. The van der Waals surface area contributed by atoms with E-state index in [9.17, 15) is 0 Å². The lowest BCUT2D eigenvalue weighted by molar-refractivity contribution is 0.244. The van der Waals surface area contributed by atoms with Gasteiger partial charge in [-0.3, -0.25) is 0 Å². The van der Waals surface area contributed by atoms with Gasteiger partial charge in [0.05, 0.1) is 5.41 Å². The van der Waals surface area contributed by atoms with Gasteiger partial charge in [-0.15, -0.1) is 0 Å². The molecule has 2 rings (SSSR count). The summed E-state index contributed by atoms with van der Waals surface area (Å²) in [6.07, 6.45) is 3.20. The second-order valence-electron chi connectivity index (χ2n) is 5.45. The summed E-state index contributed by atoms with van der Waals surface area (Å²) in [6, 6.07) is 0. The van der Waals surface area contributed by atoms with Crippen molar-refractivity contribution in [3.8, 4) is 0 Å². The Morgan fingerprint density at radius 3 is 2.94 bits per heavy atom. The van der Waals surface area contributed by atoms with Crippen LogP contribution in [0.25, 0.3) is 0 Å². The molecule has 4 nitrogen and oxygen atoms in total. The topological polar surface area (TPSA) is 51.0 Å². The van der Waals surface area contributed by atoms with Crippen LogP contribution in [0.3, 0.4) is 0 Å². The minimum absolute atomic E-state index is 0.0283. The lowest BCUT2D eigenvalue weighted by Crippen LogP contribution is -2.41. The van der Waals surface area contributed by atoms with Gasteiger partial charge in [0.25, 0.3) is 0 Å². The smallest absolute Gasteiger partial charge is 0.233 e. The Morgan fingerprint density at radius 2 is 2.31 bits per heavy atom. The molecule has 90 valence electrons. The summed E-state index contributed by atoms with van der Waals surface area (Å²) in [7, 11) is 0. The van der Waals surface area contributed by atoms with Gasteiger partial charge in [0.2, 0.25) is 5.89 Å². The third kappa shape index (κ3) is 2.43. The van der Waals surface area contributed by atoms with E-state index in [2.05, 4.69) is 36.2 Å². The van der Waals surface area contributed by atoms with Gasteiger partial charge in [0.1, 0.15) is 0 Å². The fourth-order valence-electron chi connectivity index (χ4n) is 2.19. The van der Waals surface area contributed by atoms with E-state index in [4.69, 9.17) is 4.52 Å². The zero-order valence-electron chi connectivity index (χ0n) is 10.4. The first kappa shape index (κ1) is 11.6. The molecule has 0 saturated carbocycles. The van der Waals surface area contributed by atoms with Gasteiger partial charge in [-0.05, 0) is 32.2 Å². The molecule has 0 radical (unpaired) electrons. The second-order valence-corrected chi connectivity index (χ2v) is 5.45. The maximum absolute atomic E-state index is 5.41. The molecular formula is C12H21N3O. The summed E-state index contributed by atoms with van der Waals surface area (Å²) in [5.41, 5.74) is 0.0283. The molecule has 16 heavy (non-hydrogen) atoms. The molecular weight excluding hydrogens is 202 g/mol. The molecule has 1 aliphatic rings. The third-order valence-corrected chi connectivity index (χ3v) is 3.17. The lowest BCUT2D eigenvalue weighted by Gasteiger charge is -2.30. The predicted octanol–water partition coefficient (Wildman–Crippen LogP) is 1.91. The molecule has 1 aromatic rings. The molecule has 0 spiro atoms. The predicted molar refractivity (Wildman–Crippen MR) is 62.3 cm³/mol. The highest BCUT2D eigenvalue weighted by Gasteiger charge is 2.34. The number of piperidine rings is 1. The maximum Gasteiger partial charge on any atom is 0.233 e. The third-order valence-electron chi connectivity index (χ3n) is 3.17. The number of aromatic nitrogens is 2. The SMILES string of the molecule is CC(C)Cc1noc(C2(C)CCCNC2)n1. The van der Waals surface area contributed by atoms with Crippen molar-refractivity contribution < 1.29 is 4.52 Å². The summed E-state index contributed by atoms with van der Waals surface area (Å²) in [5.74, 6) is 2.22. The number of nitrogens with zero attached hydrogens (tertiary/aromatic N) is 2. The van der Waals surface area contributed by atoms with Crippen molar-refractivity contribution >= 4 is 0 Å². The highest BCUT2D eigenvalue weighted by atomic mass is 16.5. The quantitative estimate of drug-likeness (QED) is 0.850. The van der Waals surface area contributed by atoms with Gasteiger partial charge in [-0.25, -0.2) is 0 Å². The molecule has 1 atom stereocenters. The highest BCUT2D eigenvalue weighted by Crippen LogP contribution is 2.29. The fourth-order valence-corrected chi connectivity index (χ4v) is 2.19. The monoisotopic (exact) mass is 223 g/mol. The largest absolute Gasteiger partial charge is 0.339 e. The summed E-state index contributed by atoms with van der Waals surface area (Å²) < 4.78 is 5.41. The first-order valence-electron chi connectivity index (χ1n) is 6.14. The number of rotatable bonds is 3. The summed E-state index contributed by atoms with van der Waals surface area (Å²) in [4.78, 5) is 4.53. The molecule has 1 unspecified atom stereocenters. The van der Waals surface area contributed by atoms with Crippen molar-refractivity contribution in [3.05, 3.63) is 11.7 Å². The molecule has 0 bridgehead atoms. The van der Waals surface area contributed by atoms with Crippen LogP contribution in [0.5, 0.6) is 0 Å². The molecule has 1 aromatic heterocycles. The summed E-state index contributed by atoms with van der Waals surface area (Å²) in [5, 5.41) is 7.46. The van der Waals surface area contributed by atoms with E-state index in [-0.39, 0.29) is 5.41 Å². The second kappa shape index (κ2) is 4.53. The summed E-state index contributed by atoms with van der Waals surface area (Å²) >= 11 is 0. The van der Waals surface area contributed by atoms with Crippen LogP contribution in [0.15, 0.2) is 4.52 Å². The van der Waals surface area contributed by atoms with E-state index in [1.165, 1.54) is 6.42 Å². The molecule has 0 aliphatic carbocycles. The molecule has 4 heteroatoms. The zero-order valence-corrected chi connectivity index (χ0v) is 10.4. The van der Waals surface area contributed by atoms with Crippen LogP contribution in [0, 0.1) is 5.92 Å². The van der Waals surface area contributed by atoms with E-state index in [0.29, 0.717) is 5.92 Å². The Morgan fingerprint density at radius 1 is 1.50 bits per heavy atom. The minimum Gasteiger partial charge on any atom is -0.339 e. The maximum atomic E-state index is 5.41. The van der Waals surface area contributed by atoms with Crippen molar-refractivity contribution in [3.63, 3.8) is 0 Å². The van der Waals surface area contributed by atoms with E-state index in [1.807, 2.05) is 0 Å². The molecule has 1 N–H and O–H groups in total. The molecule has 1 saturated heterocycles. The van der Waals surface area contributed by atoms with Crippen LogP contribution in [0.1, 0.15) is 45.3 Å². The van der Waals surface area contributed by atoms with Crippen molar-refractivity contribution in [2.24, 2.45) is 5.92 Å². The first-order chi connectivity index (χ1) is 7.60. The molecule has 0 amide bonds. The lowest BCUT2D eigenvalue weighted by atomic mass is 9.83. The average molecular weight is 223 g/mol. The van der Waals surface area contributed by atoms with Crippen molar-refractivity contribution in [1.82, 2.24) is 15.5 Å². The fraction of sp³-hybridized carbons (Fsp3) is 0.833. The number of hydrogen-bond donors (Lipinski definition) is 1. The van der Waals surface area contributed by atoms with Gasteiger partial charge >= 0.3 is 0 Å². The Hall–Kier alpha value is -0.900. The Bertz CT molecular complexity index is 340. The minimum atomic E-state index is 0.0283. The zero-order chi connectivity index (χ0) is 11.6. The first-order valence-corrected chi connectivity index (χ1v) is 6.14. The van der Waals surface area contributed by atoms with Crippen molar-refractivity contribution in [1.29, 1.82) is 0 Å². The number of hydrogen-bond acceptors (Lipinski definition) is 4. The van der Waals surface area contributed by atoms with Gasteiger partial charge in [0.15, 0.2) is 5.82 Å². The van der Waals surface area contributed by atoms with Gasteiger partial charge in [0, 0.05) is 13.0 Å². The van der Waals surface area contributed by atoms with E-state index < -0.39 is 0 Å². The Labute approximate surface area is 96.8 Å². The van der Waals surface area contributed by atoms with Crippen molar-refractivity contribution in [2.45, 2.75) is 45.4 Å². The van der Waals surface area contributed by atoms with E-state index in [0.717, 1.165) is 37.6 Å². The van der Waals surface area contributed by atoms with Crippen LogP contribution >= 0.6 is 0 Å². The molecule has 1 aliphatic heterocycles. The van der Waals surface area contributed by atoms with Gasteiger partial charge in [-0.2, -0.15) is 4.98 Å². The standard InChI is InChI=1S/C12H21N3O/c1-9(2)7-10-14-11(16-15-10)12(3)5-4-6-13-8-12/h9,13H,4-8H2,1-3H3. The van der Waals surface area contributed by atoms with Gasteiger partial charge < -0.3 is 9.84 Å². The average Bonchev–Trinajstić information content (AvgIpc) is 2.67. The van der Waals surface area contributed by atoms with Crippen LogP contribution < -0.4 is 5.32 Å². The Balaban J connectivity index is 2.10. The highest BCUT2D eigenvalue weighted by molar-refractivity contribution is 5.06. The van der Waals surface area contributed by atoms with Crippen LogP contribution in [0.4, 0.5) is 0 Å². The van der Waals surface area contributed by atoms with E-state index >= 15 is 0 Å². The van der Waals surface area contributed by atoms with Crippen LogP contribution in [-0.4, -0.2) is 23.2 Å². The molecule has 0 aromatic carbocycles. The Kier molecular flexibility index (Phi) is 3.28. The van der Waals surface area contributed by atoms with E-state index in [1.54, 1.807) is 0 Å². The molecule has 2 heterocycles. The normalized spacial score (nSPS) is 26.2.